The molecule has 1 unspecified atom stereocenters. The number of likely N-dealkylation sites (N-methyl/N-ethyl adjacent to an activating group) is 1. The number of carbonyl (C=O) groups excluding carboxylic acids is 1. The maximum atomic E-state index is 12.7. The molecule has 0 fully saturated rings. The van der Waals surface area contributed by atoms with Gasteiger partial charge in [0.1, 0.15) is 12.4 Å². The van der Waals surface area contributed by atoms with Crippen molar-refractivity contribution >= 4 is 11.6 Å². The molecule has 1 amide bonds. The molecule has 6 nitrogen and oxygen atoms in total. The largest absolute Gasteiger partial charge is 0.493 e. The van der Waals surface area contributed by atoms with Crippen molar-refractivity contribution in [2.45, 2.75) is 26.1 Å². The molecular weight excluding hydrogens is 404 g/mol. The van der Waals surface area contributed by atoms with E-state index >= 15 is 0 Å². The van der Waals surface area contributed by atoms with Gasteiger partial charge in [-0.15, -0.1) is 0 Å². The summed E-state index contributed by atoms with van der Waals surface area (Å²) in [7, 11) is 5.14. The average Bonchev–Trinajstić information content (AvgIpc) is 2.83. The van der Waals surface area contributed by atoms with Crippen LogP contribution in [0.4, 0.5) is 5.69 Å². The highest BCUT2D eigenvalue weighted by Crippen LogP contribution is 2.28. The van der Waals surface area contributed by atoms with E-state index in [0.29, 0.717) is 24.7 Å². The summed E-state index contributed by atoms with van der Waals surface area (Å²) in [5, 5.41) is 2.97. The minimum atomic E-state index is -0.322. The summed E-state index contributed by atoms with van der Waals surface area (Å²) in [6.45, 7) is 2.99. The summed E-state index contributed by atoms with van der Waals surface area (Å²) in [6.07, 6.45) is 0. The lowest BCUT2D eigenvalue weighted by Crippen LogP contribution is -2.39. The SMILES string of the molecule is COc1ccc(CN(C)C(C)C(=O)Nc2ccc(OCc3ccccc3)cc2)cc1OC. The monoisotopic (exact) mass is 434 g/mol. The van der Waals surface area contributed by atoms with Crippen LogP contribution in [0.2, 0.25) is 0 Å². The second-order valence-corrected chi connectivity index (χ2v) is 7.57. The van der Waals surface area contributed by atoms with E-state index in [1.807, 2.05) is 91.7 Å². The lowest BCUT2D eigenvalue weighted by Gasteiger charge is -2.24. The summed E-state index contributed by atoms with van der Waals surface area (Å²) in [4.78, 5) is 14.7. The molecule has 0 saturated carbocycles. The number of anilines is 1. The van der Waals surface area contributed by atoms with Gasteiger partial charge in [0, 0.05) is 12.2 Å². The molecule has 0 aliphatic carbocycles. The summed E-state index contributed by atoms with van der Waals surface area (Å²) in [5.74, 6) is 2.03. The number of carbonyl (C=O) groups is 1. The van der Waals surface area contributed by atoms with Crippen LogP contribution < -0.4 is 19.5 Å². The third-order valence-corrected chi connectivity index (χ3v) is 5.29. The van der Waals surface area contributed by atoms with Gasteiger partial charge in [0.2, 0.25) is 5.91 Å². The highest BCUT2D eigenvalue weighted by atomic mass is 16.5. The Kier molecular flexibility index (Phi) is 8.11. The molecule has 3 aromatic rings. The topological polar surface area (TPSA) is 60.0 Å². The van der Waals surface area contributed by atoms with Crippen LogP contribution in [-0.2, 0) is 17.9 Å². The predicted molar refractivity (Wildman–Crippen MR) is 126 cm³/mol. The number of rotatable bonds is 10. The number of nitrogens with one attached hydrogen (secondary N) is 1. The van der Waals surface area contributed by atoms with E-state index in [0.717, 1.165) is 22.6 Å². The van der Waals surface area contributed by atoms with Crippen LogP contribution in [0.1, 0.15) is 18.1 Å². The molecule has 0 bridgehead atoms. The molecular formula is C26H30N2O4. The van der Waals surface area contributed by atoms with Gasteiger partial charge in [-0.05, 0) is 61.5 Å². The summed E-state index contributed by atoms with van der Waals surface area (Å²) in [6, 6.07) is 22.8. The maximum Gasteiger partial charge on any atom is 0.241 e. The Labute approximate surface area is 189 Å². The average molecular weight is 435 g/mol. The van der Waals surface area contributed by atoms with Gasteiger partial charge in [0.15, 0.2) is 11.5 Å². The van der Waals surface area contributed by atoms with Crippen LogP contribution in [0.25, 0.3) is 0 Å². The fraction of sp³-hybridized carbons (Fsp3) is 0.269. The van der Waals surface area contributed by atoms with E-state index in [1.54, 1.807) is 14.2 Å². The predicted octanol–water partition coefficient (Wildman–Crippen LogP) is 4.74. The molecule has 0 heterocycles. The Morgan fingerprint density at radius 2 is 1.59 bits per heavy atom. The van der Waals surface area contributed by atoms with Gasteiger partial charge in [-0.3, -0.25) is 9.69 Å². The van der Waals surface area contributed by atoms with Crippen LogP contribution >= 0.6 is 0 Å². The Bertz CT molecular complexity index is 1010. The molecule has 0 aliphatic heterocycles. The highest BCUT2D eigenvalue weighted by molar-refractivity contribution is 5.94. The van der Waals surface area contributed by atoms with Crippen LogP contribution in [-0.4, -0.2) is 38.1 Å². The number of amides is 1. The van der Waals surface area contributed by atoms with Gasteiger partial charge < -0.3 is 19.5 Å². The van der Waals surface area contributed by atoms with E-state index < -0.39 is 0 Å². The molecule has 0 radical (unpaired) electrons. The summed E-state index contributed by atoms with van der Waals surface area (Å²) < 4.78 is 16.4. The van der Waals surface area contributed by atoms with Gasteiger partial charge in [-0.25, -0.2) is 0 Å². The van der Waals surface area contributed by atoms with Gasteiger partial charge in [0.05, 0.1) is 20.3 Å². The molecule has 6 heteroatoms. The Hall–Kier alpha value is -3.51. The molecule has 32 heavy (non-hydrogen) atoms. The molecule has 3 aromatic carbocycles. The minimum absolute atomic E-state index is 0.0778. The first-order valence-electron chi connectivity index (χ1n) is 10.5. The molecule has 1 atom stereocenters. The molecule has 0 aromatic heterocycles. The van der Waals surface area contributed by atoms with E-state index in [4.69, 9.17) is 14.2 Å². The third-order valence-electron chi connectivity index (χ3n) is 5.29. The Balaban J connectivity index is 1.53. The zero-order valence-corrected chi connectivity index (χ0v) is 19.0. The van der Waals surface area contributed by atoms with Crippen molar-refractivity contribution in [1.29, 1.82) is 0 Å². The van der Waals surface area contributed by atoms with Crippen LogP contribution in [0.3, 0.4) is 0 Å². The lowest BCUT2D eigenvalue weighted by atomic mass is 10.1. The second kappa shape index (κ2) is 11.2. The first-order valence-corrected chi connectivity index (χ1v) is 10.5. The standard InChI is InChI=1S/C26H30N2O4/c1-19(28(2)17-21-10-15-24(30-3)25(16-21)31-4)26(29)27-22-11-13-23(14-12-22)32-18-20-8-6-5-7-9-20/h5-16,19H,17-18H2,1-4H3,(H,27,29). The number of methoxy groups -OCH3 is 2. The first-order chi connectivity index (χ1) is 15.5. The molecule has 168 valence electrons. The van der Waals surface area contributed by atoms with Gasteiger partial charge in [0.25, 0.3) is 0 Å². The Morgan fingerprint density at radius 1 is 0.906 bits per heavy atom. The van der Waals surface area contributed by atoms with Crippen molar-refractivity contribution < 1.29 is 19.0 Å². The molecule has 0 spiro atoms. The molecule has 0 aliphatic rings. The van der Waals surface area contributed by atoms with Crippen LogP contribution in [0.15, 0.2) is 72.8 Å². The fourth-order valence-electron chi connectivity index (χ4n) is 3.23. The van der Waals surface area contributed by atoms with Gasteiger partial charge in [-0.1, -0.05) is 36.4 Å². The smallest absolute Gasteiger partial charge is 0.241 e. The van der Waals surface area contributed by atoms with E-state index in [9.17, 15) is 4.79 Å². The van der Waals surface area contributed by atoms with E-state index in [2.05, 4.69) is 5.32 Å². The number of hydrogen-bond acceptors (Lipinski definition) is 5. The minimum Gasteiger partial charge on any atom is -0.493 e. The third kappa shape index (κ3) is 6.25. The van der Waals surface area contributed by atoms with Gasteiger partial charge in [-0.2, -0.15) is 0 Å². The fourth-order valence-corrected chi connectivity index (χ4v) is 3.23. The quantitative estimate of drug-likeness (QED) is 0.499. The van der Waals surface area contributed by atoms with E-state index in [1.165, 1.54) is 0 Å². The van der Waals surface area contributed by atoms with Crippen molar-refractivity contribution in [1.82, 2.24) is 4.90 Å². The van der Waals surface area contributed by atoms with Crippen molar-refractivity contribution in [3.8, 4) is 17.2 Å². The van der Waals surface area contributed by atoms with Crippen LogP contribution in [0, 0.1) is 0 Å². The molecule has 0 saturated heterocycles. The van der Waals surface area contributed by atoms with Crippen molar-refractivity contribution in [2.24, 2.45) is 0 Å². The number of hydrogen-bond donors (Lipinski definition) is 1. The first kappa shape index (κ1) is 23.2. The zero-order chi connectivity index (χ0) is 22.9. The van der Waals surface area contributed by atoms with Crippen molar-refractivity contribution in [3.05, 3.63) is 83.9 Å². The summed E-state index contributed by atoms with van der Waals surface area (Å²) in [5.41, 5.74) is 2.87. The van der Waals surface area contributed by atoms with Crippen molar-refractivity contribution in [2.75, 3.05) is 26.6 Å². The summed E-state index contributed by atoms with van der Waals surface area (Å²) >= 11 is 0. The number of nitrogens with zero attached hydrogens (tertiary/aromatic N) is 1. The van der Waals surface area contributed by atoms with Crippen molar-refractivity contribution in [3.63, 3.8) is 0 Å². The highest BCUT2D eigenvalue weighted by Gasteiger charge is 2.19. The lowest BCUT2D eigenvalue weighted by molar-refractivity contribution is -0.120. The number of benzene rings is 3. The molecule has 3 rings (SSSR count). The Morgan fingerprint density at radius 3 is 2.25 bits per heavy atom. The normalized spacial score (nSPS) is 11.7. The zero-order valence-electron chi connectivity index (χ0n) is 19.0. The number of ether oxygens (including phenoxy) is 3. The molecule has 1 N–H and O–H groups in total. The van der Waals surface area contributed by atoms with Gasteiger partial charge >= 0.3 is 0 Å². The maximum absolute atomic E-state index is 12.7. The van der Waals surface area contributed by atoms with E-state index in [-0.39, 0.29) is 11.9 Å². The van der Waals surface area contributed by atoms with Crippen LogP contribution in [0.5, 0.6) is 17.2 Å². The second-order valence-electron chi connectivity index (χ2n) is 7.57.